The van der Waals surface area contributed by atoms with Gasteiger partial charge in [-0.05, 0) is 11.6 Å². The van der Waals surface area contributed by atoms with E-state index in [-0.39, 0.29) is 19.0 Å². The van der Waals surface area contributed by atoms with Crippen molar-refractivity contribution >= 4 is 17.6 Å². The van der Waals surface area contributed by atoms with E-state index in [0.29, 0.717) is 5.02 Å². The van der Waals surface area contributed by atoms with Gasteiger partial charge in [0.2, 0.25) is 0 Å². The number of halogens is 1. The lowest BCUT2D eigenvalue weighted by molar-refractivity contribution is -0.144. The maximum absolute atomic E-state index is 11.6. The summed E-state index contributed by atoms with van der Waals surface area (Å²) >= 11 is 5.98. The Balaban J connectivity index is 1.88. The number of hydrogen-bond donors (Lipinski definition) is 0. The molecule has 0 atom stereocenters. The van der Waals surface area contributed by atoms with Gasteiger partial charge in [-0.3, -0.25) is 4.79 Å². The van der Waals surface area contributed by atoms with Crippen LogP contribution < -0.4 is 0 Å². The van der Waals surface area contributed by atoms with Crippen molar-refractivity contribution in [3.8, 4) is 0 Å². The van der Waals surface area contributed by atoms with E-state index < -0.39 is 0 Å². The highest BCUT2D eigenvalue weighted by Crippen LogP contribution is 2.16. The molecule has 0 radical (unpaired) electrons. The Hall–Kier alpha value is -1.80. The monoisotopic (exact) mass is 260 g/mol. The molecule has 18 heavy (non-hydrogen) atoms. The Kier molecular flexibility index (Phi) is 4.37. The maximum atomic E-state index is 11.6. The van der Waals surface area contributed by atoms with E-state index in [9.17, 15) is 4.79 Å². The summed E-state index contributed by atoms with van der Waals surface area (Å²) in [4.78, 5) is 11.6. The molecule has 92 valence electrons. The second kappa shape index (κ2) is 6.22. The summed E-state index contributed by atoms with van der Waals surface area (Å²) in [7, 11) is 0. The molecule has 2 nitrogen and oxygen atoms in total. The van der Waals surface area contributed by atoms with Crippen molar-refractivity contribution in [2.75, 3.05) is 0 Å². The van der Waals surface area contributed by atoms with Crippen LogP contribution in [0.5, 0.6) is 0 Å². The molecular formula is C15H13ClO2. The third-order valence-electron chi connectivity index (χ3n) is 2.54. The number of carbonyl (C=O) groups excluding carboxylic acids is 1. The summed E-state index contributed by atoms with van der Waals surface area (Å²) < 4.78 is 5.19. The van der Waals surface area contributed by atoms with Crippen LogP contribution in [0.25, 0.3) is 0 Å². The van der Waals surface area contributed by atoms with Crippen LogP contribution in [-0.4, -0.2) is 5.97 Å². The fraction of sp³-hybridized carbons (Fsp3) is 0.133. The summed E-state index contributed by atoms with van der Waals surface area (Å²) in [5.74, 6) is -0.249. The number of benzene rings is 2. The third-order valence-corrected chi connectivity index (χ3v) is 2.91. The van der Waals surface area contributed by atoms with E-state index in [4.69, 9.17) is 16.3 Å². The lowest BCUT2D eigenvalue weighted by Gasteiger charge is -2.06. The maximum Gasteiger partial charge on any atom is 0.310 e. The van der Waals surface area contributed by atoms with Crippen LogP contribution in [0.1, 0.15) is 11.1 Å². The minimum absolute atomic E-state index is 0.214. The molecule has 2 aromatic carbocycles. The van der Waals surface area contributed by atoms with E-state index >= 15 is 0 Å². The normalized spacial score (nSPS) is 10.1. The van der Waals surface area contributed by atoms with Crippen molar-refractivity contribution in [1.29, 1.82) is 0 Å². The molecule has 0 aromatic heterocycles. The summed E-state index contributed by atoms with van der Waals surface area (Å²) in [6.07, 6.45) is 0.283. The predicted octanol–water partition coefficient (Wildman–Crippen LogP) is 3.63. The molecule has 0 bridgehead atoms. The van der Waals surface area contributed by atoms with Gasteiger partial charge >= 0.3 is 5.97 Å². The molecule has 0 aliphatic carbocycles. The first kappa shape index (κ1) is 12.7. The zero-order chi connectivity index (χ0) is 12.8. The lowest BCUT2D eigenvalue weighted by Crippen LogP contribution is -2.08. The van der Waals surface area contributed by atoms with Crippen molar-refractivity contribution < 1.29 is 9.53 Å². The fourth-order valence-electron chi connectivity index (χ4n) is 1.59. The molecule has 2 aromatic rings. The van der Waals surface area contributed by atoms with Crippen molar-refractivity contribution in [3.05, 3.63) is 70.7 Å². The number of ether oxygens (including phenoxy) is 1. The third kappa shape index (κ3) is 3.60. The van der Waals surface area contributed by atoms with Crippen molar-refractivity contribution in [1.82, 2.24) is 0 Å². The average molecular weight is 261 g/mol. The predicted molar refractivity (Wildman–Crippen MR) is 71.4 cm³/mol. The zero-order valence-corrected chi connectivity index (χ0v) is 10.6. The van der Waals surface area contributed by atoms with E-state index in [1.54, 1.807) is 6.07 Å². The molecule has 0 fully saturated rings. The summed E-state index contributed by atoms with van der Waals surface area (Å²) in [5.41, 5.74) is 1.77. The zero-order valence-electron chi connectivity index (χ0n) is 9.80. The number of esters is 1. The molecule has 0 aliphatic heterocycles. The first-order valence-corrected chi connectivity index (χ1v) is 6.06. The summed E-state index contributed by atoms with van der Waals surface area (Å²) in [5, 5.41) is 0.616. The second-order valence-electron chi connectivity index (χ2n) is 3.91. The van der Waals surface area contributed by atoms with Gasteiger partial charge in [0.15, 0.2) is 0 Å². The molecule has 0 saturated carbocycles. The molecule has 0 amide bonds. The molecule has 0 spiro atoms. The first-order chi connectivity index (χ1) is 8.75. The Morgan fingerprint density at radius 2 is 1.67 bits per heavy atom. The van der Waals surface area contributed by atoms with Gasteiger partial charge in [0.05, 0.1) is 6.42 Å². The van der Waals surface area contributed by atoms with E-state index in [1.807, 2.05) is 48.5 Å². The Morgan fingerprint density at radius 1 is 1.00 bits per heavy atom. The SMILES string of the molecule is O=C(Cc1ccccc1)OCc1ccccc1Cl. The molecular weight excluding hydrogens is 248 g/mol. The standard InChI is InChI=1S/C15H13ClO2/c16-14-9-5-4-8-13(14)11-18-15(17)10-12-6-2-1-3-7-12/h1-9H,10-11H2. The molecule has 3 heteroatoms. The van der Waals surface area contributed by atoms with Crippen LogP contribution in [0.3, 0.4) is 0 Å². The van der Waals surface area contributed by atoms with Gasteiger partial charge in [0, 0.05) is 10.6 Å². The Morgan fingerprint density at radius 3 is 2.39 bits per heavy atom. The average Bonchev–Trinajstić information content (AvgIpc) is 2.39. The Bertz CT molecular complexity index is 523. The van der Waals surface area contributed by atoms with Gasteiger partial charge in [-0.1, -0.05) is 60.1 Å². The van der Waals surface area contributed by atoms with Crippen molar-refractivity contribution in [2.45, 2.75) is 13.0 Å². The second-order valence-corrected chi connectivity index (χ2v) is 4.32. The fourth-order valence-corrected chi connectivity index (χ4v) is 1.78. The number of carbonyl (C=O) groups is 1. The minimum Gasteiger partial charge on any atom is -0.461 e. The highest BCUT2D eigenvalue weighted by atomic mass is 35.5. The highest BCUT2D eigenvalue weighted by molar-refractivity contribution is 6.31. The topological polar surface area (TPSA) is 26.3 Å². The van der Waals surface area contributed by atoms with E-state index in [0.717, 1.165) is 11.1 Å². The van der Waals surface area contributed by atoms with E-state index in [2.05, 4.69) is 0 Å². The van der Waals surface area contributed by atoms with Crippen molar-refractivity contribution in [3.63, 3.8) is 0 Å². The molecule has 0 unspecified atom stereocenters. The van der Waals surface area contributed by atoms with Gasteiger partial charge in [0.25, 0.3) is 0 Å². The van der Waals surface area contributed by atoms with Crippen LogP contribution in [0.4, 0.5) is 0 Å². The largest absolute Gasteiger partial charge is 0.461 e. The quantitative estimate of drug-likeness (QED) is 0.785. The molecule has 0 aliphatic rings. The van der Waals surface area contributed by atoms with Gasteiger partial charge in [-0.25, -0.2) is 0 Å². The van der Waals surface area contributed by atoms with Crippen LogP contribution in [0.2, 0.25) is 5.02 Å². The lowest BCUT2D eigenvalue weighted by atomic mass is 10.1. The van der Waals surface area contributed by atoms with Gasteiger partial charge in [-0.2, -0.15) is 0 Å². The number of hydrogen-bond acceptors (Lipinski definition) is 2. The summed E-state index contributed by atoms with van der Waals surface area (Å²) in [6.45, 7) is 0.214. The molecule has 0 N–H and O–H groups in total. The van der Waals surface area contributed by atoms with E-state index in [1.165, 1.54) is 0 Å². The van der Waals surface area contributed by atoms with Gasteiger partial charge in [-0.15, -0.1) is 0 Å². The summed E-state index contributed by atoms with van der Waals surface area (Å²) in [6, 6.07) is 16.9. The van der Waals surface area contributed by atoms with Gasteiger partial charge < -0.3 is 4.74 Å². The molecule has 0 saturated heterocycles. The van der Waals surface area contributed by atoms with Crippen molar-refractivity contribution in [2.24, 2.45) is 0 Å². The molecule has 2 rings (SSSR count). The van der Waals surface area contributed by atoms with Crippen LogP contribution in [0.15, 0.2) is 54.6 Å². The number of rotatable bonds is 4. The molecule has 0 heterocycles. The highest BCUT2D eigenvalue weighted by Gasteiger charge is 2.06. The Labute approximate surface area is 111 Å². The van der Waals surface area contributed by atoms with Gasteiger partial charge in [0.1, 0.15) is 6.61 Å². The smallest absolute Gasteiger partial charge is 0.310 e. The first-order valence-electron chi connectivity index (χ1n) is 5.68. The van der Waals surface area contributed by atoms with Crippen LogP contribution in [0, 0.1) is 0 Å². The van der Waals surface area contributed by atoms with Crippen LogP contribution >= 0.6 is 11.6 Å². The van der Waals surface area contributed by atoms with Crippen LogP contribution in [-0.2, 0) is 22.6 Å². The minimum atomic E-state index is -0.249.